The maximum atomic E-state index is 12.1. The fraction of sp³-hybridized carbons (Fsp3) is 0.333. The second-order valence-electron chi connectivity index (χ2n) is 2.41. The Morgan fingerprint density at radius 2 is 2.12 bits per heavy atom. The topological polar surface area (TPSA) is 84.0 Å². The minimum absolute atomic E-state index is 0.194. The smallest absolute Gasteiger partial charge is 0.331 e. The Kier molecular flexibility index (Phi) is 3.77. The number of carbonyl (C=O) groups excluding carboxylic acids is 2. The summed E-state index contributed by atoms with van der Waals surface area (Å²) < 4.78 is 36.2. The first-order valence-corrected chi connectivity index (χ1v) is 4.64. The molecule has 0 unspecified atom stereocenters. The Morgan fingerprint density at radius 1 is 1.44 bits per heavy atom. The van der Waals surface area contributed by atoms with Crippen LogP contribution in [0.5, 0.6) is 0 Å². The van der Waals surface area contributed by atoms with E-state index < -0.39 is 17.2 Å². The Labute approximate surface area is 90.9 Å². The molecule has 0 aliphatic carbocycles. The zero-order chi connectivity index (χ0) is 12.2. The molecule has 0 aliphatic rings. The summed E-state index contributed by atoms with van der Waals surface area (Å²) in [5.74, 6) is 0. The summed E-state index contributed by atoms with van der Waals surface area (Å²) >= 11 is 0.194. The second-order valence-corrected chi connectivity index (χ2v) is 3.39. The van der Waals surface area contributed by atoms with Crippen molar-refractivity contribution in [2.75, 3.05) is 11.9 Å². The van der Waals surface area contributed by atoms with E-state index in [1.807, 2.05) is 5.32 Å². The van der Waals surface area contributed by atoms with Crippen LogP contribution in [0.1, 0.15) is 5.01 Å². The van der Waals surface area contributed by atoms with Crippen molar-refractivity contribution in [1.29, 1.82) is 0 Å². The van der Waals surface area contributed by atoms with Crippen LogP contribution >= 0.6 is 11.3 Å². The summed E-state index contributed by atoms with van der Waals surface area (Å²) in [6.07, 6.45) is -4.16. The van der Waals surface area contributed by atoms with Crippen molar-refractivity contribution in [3.63, 3.8) is 0 Å². The van der Waals surface area contributed by atoms with Crippen molar-refractivity contribution in [2.45, 2.75) is 6.18 Å². The third-order valence-corrected chi connectivity index (χ3v) is 2.12. The molecule has 0 spiro atoms. The van der Waals surface area contributed by atoms with E-state index in [0.29, 0.717) is 6.29 Å². The molecule has 0 radical (unpaired) electrons. The number of carbonyl (C=O) groups is 2. The second kappa shape index (κ2) is 4.88. The van der Waals surface area contributed by atoms with Crippen molar-refractivity contribution < 1.29 is 22.8 Å². The number of alkyl halides is 3. The lowest BCUT2D eigenvalue weighted by Crippen LogP contribution is -2.29. The molecule has 0 fully saturated rings. The average Bonchev–Trinajstić information content (AvgIpc) is 2.62. The summed E-state index contributed by atoms with van der Waals surface area (Å²) in [6, 6.07) is -0.822. The van der Waals surface area contributed by atoms with Gasteiger partial charge in [-0.05, 0) is 0 Å². The summed E-state index contributed by atoms with van der Waals surface area (Å²) in [7, 11) is 0. The van der Waals surface area contributed by atoms with Gasteiger partial charge in [0.05, 0.1) is 6.54 Å². The third kappa shape index (κ3) is 3.46. The lowest BCUT2D eigenvalue weighted by molar-refractivity contribution is -0.138. The predicted molar refractivity (Wildman–Crippen MR) is 48.0 cm³/mol. The van der Waals surface area contributed by atoms with Gasteiger partial charge < -0.3 is 10.1 Å². The molecular formula is C6H5F3N4O2S. The first-order chi connectivity index (χ1) is 7.43. The van der Waals surface area contributed by atoms with Gasteiger partial charge in [0.25, 0.3) is 0 Å². The molecular weight excluding hydrogens is 249 g/mol. The van der Waals surface area contributed by atoms with Crippen LogP contribution in [-0.4, -0.2) is 29.1 Å². The standard InChI is InChI=1S/C6H5F3N4O2S/c7-6(8,9)3-12-13-5(16-3)11-4(15)10-1-2-14/h2H,1H2,(H2,10,11,13,15). The maximum absolute atomic E-state index is 12.1. The summed E-state index contributed by atoms with van der Waals surface area (Å²) in [4.78, 5) is 20.8. The normalized spacial score (nSPS) is 10.9. The van der Waals surface area contributed by atoms with E-state index in [1.54, 1.807) is 0 Å². The number of urea groups is 1. The van der Waals surface area contributed by atoms with Crippen molar-refractivity contribution in [2.24, 2.45) is 0 Å². The van der Waals surface area contributed by atoms with Gasteiger partial charge in [-0.1, -0.05) is 11.3 Å². The molecule has 0 aliphatic heterocycles. The molecule has 0 aromatic carbocycles. The molecule has 1 rings (SSSR count). The van der Waals surface area contributed by atoms with Crippen molar-refractivity contribution in [1.82, 2.24) is 15.5 Å². The van der Waals surface area contributed by atoms with Crippen LogP contribution < -0.4 is 10.6 Å². The van der Waals surface area contributed by atoms with Gasteiger partial charge in [0.2, 0.25) is 10.1 Å². The number of aldehydes is 1. The van der Waals surface area contributed by atoms with Crippen LogP contribution in [0.25, 0.3) is 0 Å². The van der Waals surface area contributed by atoms with E-state index >= 15 is 0 Å². The average molecular weight is 254 g/mol. The number of halogens is 3. The number of nitrogens with zero attached hydrogens (tertiary/aromatic N) is 2. The first-order valence-electron chi connectivity index (χ1n) is 3.82. The fourth-order valence-corrected chi connectivity index (χ4v) is 1.27. The van der Waals surface area contributed by atoms with Crippen LogP contribution in [0.15, 0.2) is 0 Å². The number of nitrogens with one attached hydrogen (secondary N) is 2. The van der Waals surface area contributed by atoms with Crippen LogP contribution in [-0.2, 0) is 11.0 Å². The Hall–Kier alpha value is -1.71. The van der Waals surface area contributed by atoms with E-state index in [2.05, 4.69) is 15.5 Å². The fourth-order valence-electron chi connectivity index (χ4n) is 0.664. The summed E-state index contributed by atoms with van der Waals surface area (Å²) in [5.41, 5.74) is 0. The van der Waals surface area contributed by atoms with Gasteiger partial charge in [-0.2, -0.15) is 13.2 Å². The number of anilines is 1. The molecule has 2 amide bonds. The van der Waals surface area contributed by atoms with Crippen molar-refractivity contribution in [3.8, 4) is 0 Å². The quantitative estimate of drug-likeness (QED) is 0.784. The molecule has 0 saturated carbocycles. The van der Waals surface area contributed by atoms with Gasteiger partial charge in [-0.25, -0.2) is 4.79 Å². The van der Waals surface area contributed by atoms with Gasteiger partial charge in [-0.3, -0.25) is 5.32 Å². The lowest BCUT2D eigenvalue weighted by Gasteiger charge is -2.00. The molecule has 1 aromatic heterocycles. The lowest BCUT2D eigenvalue weighted by atomic mass is 10.7. The Balaban J connectivity index is 2.59. The van der Waals surface area contributed by atoms with Gasteiger partial charge in [0, 0.05) is 0 Å². The van der Waals surface area contributed by atoms with E-state index in [-0.39, 0.29) is 23.0 Å². The van der Waals surface area contributed by atoms with Gasteiger partial charge >= 0.3 is 12.2 Å². The molecule has 10 heteroatoms. The monoisotopic (exact) mass is 254 g/mol. The van der Waals surface area contributed by atoms with E-state index in [0.717, 1.165) is 0 Å². The number of rotatable bonds is 3. The molecule has 6 nitrogen and oxygen atoms in total. The SMILES string of the molecule is O=CCNC(=O)Nc1nnc(C(F)(F)F)s1. The van der Waals surface area contributed by atoms with E-state index in [9.17, 15) is 22.8 Å². The molecule has 88 valence electrons. The molecule has 0 saturated heterocycles. The molecule has 1 heterocycles. The molecule has 0 bridgehead atoms. The molecule has 16 heavy (non-hydrogen) atoms. The number of hydrogen-bond acceptors (Lipinski definition) is 5. The van der Waals surface area contributed by atoms with Gasteiger partial charge in [-0.15, -0.1) is 10.2 Å². The predicted octanol–water partition coefficient (Wildman–Crippen LogP) is 0.877. The first kappa shape index (κ1) is 12.4. The van der Waals surface area contributed by atoms with Gasteiger partial charge in [0.1, 0.15) is 6.29 Å². The third-order valence-electron chi connectivity index (χ3n) is 1.23. The molecule has 1 aromatic rings. The molecule has 0 atom stereocenters. The summed E-state index contributed by atoms with van der Waals surface area (Å²) in [5, 5.41) is 8.59. The number of aromatic nitrogens is 2. The van der Waals surface area contributed by atoms with E-state index in [4.69, 9.17) is 0 Å². The highest BCUT2D eigenvalue weighted by Gasteiger charge is 2.35. The maximum Gasteiger partial charge on any atom is 0.445 e. The minimum atomic E-state index is -4.59. The zero-order valence-electron chi connectivity index (χ0n) is 7.54. The summed E-state index contributed by atoms with van der Waals surface area (Å²) in [6.45, 7) is -0.239. The minimum Gasteiger partial charge on any atom is -0.331 e. The van der Waals surface area contributed by atoms with Crippen LogP contribution in [0, 0.1) is 0 Å². The highest BCUT2D eigenvalue weighted by atomic mass is 32.1. The van der Waals surface area contributed by atoms with Crippen LogP contribution in [0.4, 0.5) is 23.1 Å². The largest absolute Gasteiger partial charge is 0.445 e. The number of amides is 2. The number of hydrogen-bond donors (Lipinski definition) is 2. The molecule has 2 N–H and O–H groups in total. The van der Waals surface area contributed by atoms with Crippen molar-refractivity contribution >= 4 is 28.8 Å². The van der Waals surface area contributed by atoms with Crippen LogP contribution in [0.2, 0.25) is 0 Å². The Morgan fingerprint density at radius 3 is 2.62 bits per heavy atom. The Bertz CT molecular complexity index is 391. The van der Waals surface area contributed by atoms with E-state index in [1.165, 1.54) is 0 Å². The zero-order valence-corrected chi connectivity index (χ0v) is 8.35. The van der Waals surface area contributed by atoms with Gasteiger partial charge in [0.15, 0.2) is 0 Å². The van der Waals surface area contributed by atoms with Crippen molar-refractivity contribution in [3.05, 3.63) is 5.01 Å². The highest BCUT2D eigenvalue weighted by molar-refractivity contribution is 7.15. The highest BCUT2D eigenvalue weighted by Crippen LogP contribution is 2.32. The van der Waals surface area contributed by atoms with Crippen LogP contribution in [0.3, 0.4) is 0 Å².